The Labute approximate surface area is 210 Å². The second kappa shape index (κ2) is 11.0. The number of alkyl halides is 3. The summed E-state index contributed by atoms with van der Waals surface area (Å²) in [4.78, 5) is 33.1. The van der Waals surface area contributed by atoms with E-state index >= 15 is 0 Å². The standard InChI is InChI=1S/C23H24FN5O.C2HF3O2/c24-19-5-7-20(8-6-19)27-22(30)21-11-17(15-29(21)14-16-3-4-16)18-12-25-23(26-13-18)28-9-1-2-10-28;3-2(4,5)1(6)7/h5-8,11-13,15-16H,1-4,9-10,14H2,(H,27,30);(H,6,7). The quantitative estimate of drug-likeness (QED) is 0.446. The molecule has 37 heavy (non-hydrogen) atoms. The molecule has 196 valence electrons. The zero-order chi connectivity index (χ0) is 26.6. The summed E-state index contributed by atoms with van der Waals surface area (Å²) >= 11 is 0. The van der Waals surface area contributed by atoms with E-state index in [-0.39, 0.29) is 11.7 Å². The van der Waals surface area contributed by atoms with Crippen molar-refractivity contribution in [2.24, 2.45) is 5.92 Å². The smallest absolute Gasteiger partial charge is 0.475 e. The summed E-state index contributed by atoms with van der Waals surface area (Å²) in [6, 6.07) is 7.68. The lowest BCUT2D eigenvalue weighted by atomic mass is 10.2. The van der Waals surface area contributed by atoms with Crippen LogP contribution < -0.4 is 10.2 Å². The molecule has 1 aliphatic heterocycles. The molecule has 2 fully saturated rings. The Morgan fingerprint density at radius 2 is 1.62 bits per heavy atom. The Morgan fingerprint density at radius 1 is 1.03 bits per heavy atom. The van der Waals surface area contributed by atoms with E-state index in [4.69, 9.17) is 9.90 Å². The Hall–Kier alpha value is -3.96. The molecular formula is C25H25F4N5O3. The molecule has 0 atom stereocenters. The fourth-order valence-corrected chi connectivity index (χ4v) is 3.87. The molecule has 0 bridgehead atoms. The number of benzene rings is 1. The number of nitrogens with zero attached hydrogens (tertiary/aromatic N) is 4. The van der Waals surface area contributed by atoms with Gasteiger partial charge in [-0.25, -0.2) is 19.2 Å². The maximum absolute atomic E-state index is 13.1. The van der Waals surface area contributed by atoms with E-state index in [1.807, 2.05) is 29.2 Å². The average molecular weight is 519 g/mol. The molecule has 12 heteroatoms. The van der Waals surface area contributed by atoms with Crippen molar-refractivity contribution in [1.29, 1.82) is 0 Å². The number of carboxylic acids is 1. The number of carbonyl (C=O) groups is 2. The van der Waals surface area contributed by atoms with E-state index in [2.05, 4.69) is 20.2 Å². The molecule has 5 rings (SSSR count). The zero-order valence-corrected chi connectivity index (χ0v) is 19.7. The van der Waals surface area contributed by atoms with Crippen LogP contribution in [-0.4, -0.2) is 50.8 Å². The number of aromatic nitrogens is 3. The fraction of sp³-hybridized carbons (Fsp3) is 0.360. The average Bonchev–Trinajstić information content (AvgIpc) is 3.32. The van der Waals surface area contributed by atoms with Crippen LogP contribution in [0.4, 0.5) is 29.2 Å². The van der Waals surface area contributed by atoms with Gasteiger partial charge in [-0.05, 0) is 61.9 Å². The van der Waals surface area contributed by atoms with Gasteiger partial charge in [-0.2, -0.15) is 13.2 Å². The number of nitrogens with one attached hydrogen (secondary N) is 1. The SMILES string of the molecule is O=C(Nc1ccc(F)cc1)c1cc(-c2cnc(N3CCCC3)nc2)cn1CC1CC1.O=C(O)C(F)(F)F. The van der Waals surface area contributed by atoms with Gasteiger partial charge in [0.25, 0.3) is 5.91 Å². The summed E-state index contributed by atoms with van der Waals surface area (Å²) in [6.07, 6.45) is 5.34. The van der Waals surface area contributed by atoms with Crippen molar-refractivity contribution in [2.75, 3.05) is 23.3 Å². The third kappa shape index (κ3) is 7.05. The van der Waals surface area contributed by atoms with Gasteiger partial charge in [-0.15, -0.1) is 0 Å². The van der Waals surface area contributed by atoms with Gasteiger partial charge in [0.1, 0.15) is 11.5 Å². The van der Waals surface area contributed by atoms with E-state index < -0.39 is 12.1 Å². The number of rotatable bonds is 6. The highest BCUT2D eigenvalue weighted by molar-refractivity contribution is 6.04. The highest BCUT2D eigenvalue weighted by Gasteiger charge is 2.38. The lowest BCUT2D eigenvalue weighted by Crippen LogP contribution is -2.21. The number of carbonyl (C=O) groups excluding carboxylic acids is 1. The first-order chi connectivity index (χ1) is 17.6. The van der Waals surface area contributed by atoms with Crippen LogP contribution in [0.2, 0.25) is 0 Å². The summed E-state index contributed by atoms with van der Waals surface area (Å²) in [5.74, 6) is -1.90. The first-order valence-electron chi connectivity index (χ1n) is 11.7. The maximum Gasteiger partial charge on any atom is 0.490 e. The van der Waals surface area contributed by atoms with Crippen LogP contribution in [0.25, 0.3) is 11.1 Å². The van der Waals surface area contributed by atoms with Gasteiger partial charge in [-0.3, -0.25) is 4.79 Å². The molecule has 1 saturated carbocycles. The molecule has 8 nitrogen and oxygen atoms in total. The van der Waals surface area contributed by atoms with Gasteiger partial charge in [0.2, 0.25) is 5.95 Å². The number of aliphatic carboxylic acids is 1. The lowest BCUT2D eigenvalue weighted by molar-refractivity contribution is -0.192. The van der Waals surface area contributed by atoms with Gasteiger partial charge in [0.05, 0.1) is 0 Å². The molecule has 1 aromatic carbocycles. The highest BCUT2D eigenvalue weighted by atomic mass is 19.4. The Balaban J connectivity index is 0.000000405. The van der Waals surface area contributed by atoms with Gasteiger partial charge < -0.3 is 19.9 Å². The molecule has 2 N–H and O–H groups in total. The number of anilines is 2. The number of amides is 1. The summed E-state index contributed by atoms with van der Waals surface area (Å²) < 4.78 is 46.9. The highest BCUT2D eigenvalue weighted by Crippen LogP contribution is 2.33. The van der Waals surface area contributed by atoms with Crippen LogP contribution in [0.5, 0.6) is 0 Å². The van der Waals surface area contributed by atoms with Crippen LogP contribution in [0, 0.1) is 11.7 Å². The molecule has 3 aromatic rings. The van der Waals surface area contributed by atoms with E-state index in [0.29, 0.717) is 17.3 Å². The third-order valence-corrected chi connectivity index (χ3v) is 5.99. The van der Waals surface area contributed by atoms with Crippen molar-refractivity contribution in [1.82, 2.24) is 14.5 Å². The predicted molar refractivity (Wildman–Crippen MR) is 128 cm³/mol. The topological polar surface area (TPSA) is 100 Å². The van der Waals surface area contributed by atoms with Crippen LogP contribution in [0.15, 0.2) is 48.9 Å². The Morgan fingerprint density at radius 3 is 2.16 bits per heavy atom. The Bertz CT molecular complexity index is 1230. The molecular weight excluding hydrogens is 494 g/mol. The number of carboxylic acid groups (broad SMARTS) is 1. The van der Waals surface area contributed by atoms with Gasteiger partial charge in [-0.1, -0.05) is 0 Å². The third-order valence-electron chi connectivity index (χ3n) is 5.99. The van der Waals surface area contributed by atoms with Crippen molar-refractivity contribution in [3.8, 4) is 11.1 Å². The number of hydrogen-bond donors (Lipinski definition) is 2. The van der Waals surface area contributed by atoms with Gasteiger partial charge >= 0.3 is 12.1 Å². The zero-order valence-electron chi connectivity index (χ0n) is 19.7. The molecule has 0 radical (unpaired) electrons. The molecule has 3 heterocycles. The molecule has 0 spiro atoms. The van der Waals surface area contributed by atoms with Crippen molar-refractivity contribution >= 4 is 23.5 Å². The van der Waals surface area contributed by atoms with Crippen LogP contribution >= 0.6 is 0 Å². The summed E-state index contributed by atoms with van der Waals surface area (Å²) in [6.45, 7) is 2.83. The second-order valence-electron chi connectivity index (χ2n) is 8.94. The van der Waals surface area contributed by atoms with Crippen LogP contribution in [0.1, 0.15) is 36.2 Å². The molecule has 1 aliphatic carbocycles. The summed E-state index contributed by atoms with van der Waals surface area (Å²) in [5, 5.41) is 9.99. The summed E-state index contributed by atoms with van der Waals surface area (Å²) in [5.41, 5.74) is 2.97. The van der Waals surface area contributed by atoms with Crippen LogP contribution in [-0.2, 0) is 11.3 Å². The maximum atomic E-state index is 13.1. The van der Waals surface area contributed by atoms with Crippen molar-refractivity contribution in [3.05, 3.63) is 60.4 Å². The molecule has 1 saturated heterocycles. The van der Waals surface area contributed by atoms with Crippen molar-refractivity contribution in [3.63, 3.8) is 0 Å². The van der Waals surface area contributed by atoms with E-state index in [1.54, 1.807) is 12.1 Å². The van der Waals surface area contributed by atoms with E-state index in [0.717, 1.165) is 36.7 Å². The summed E-state index contributed by atoms with van der Waals surface area (Å²) in [7, 11) is 0. The van der Waals surface area contributed by atoms with Gasteiger partial charge in [0.15, 0.2) is 0 Å². The Kier molecular flexibility index (Phi) is 7.74. The minimum atomic E-state index is -5.08. The monoisotopic (exact) mass is 519 g/mol. The number of hydrogen-bond acceptors (Lipinski definition) is 5. The first kappa shape index (κ1) is 26.1. The number of halogens is 4. The lowest BCUT2D eigenvalue weighted by Gasteiger charge is -2.14. The molecule has 1 amide bonds. The van der Waals surface area contributed by atoms with Gasteiger partial charge in [0, 0.05) is 55.0 Å². The second-order valence-corrected chi connectivity index (χ2v) is 8.94. The minimum absolute atomic E-state index is 0.205. The van der Waals surface area contributed by atoms with E-state index in [1.165, 1.54) is 37.8 Å². The van der Waals surface area contributed by atoms with Crippen LogP contribution in [0.3, 0.4) is 0 Å². The molecule has 2 aliphatic rings. The largest absolute Gasteiger partial charge is 0.490 e. The van der Waals surface area contributed by atoms with E-state index in [9.17, 15) is 22.4 Å². The van der Waals surface area contributed by atoms with Crippen molar-refractivity contribution in [2.45, 2.75) is 38.4 Å². The molecule has 2 aromatic heterocycles. The molecule has 0 unspecified atom stereocenters. The normalized spacial score (nSPS) is 15.2. The predicted octanol–water partition coefficient (Wildman–Crippen LogP) is 4.98. The van der Waals surface area contributed by atoms with Crippen molar-refractivity contribution < 1.29 is 32.3 Å². The fourth-order valence-electron chi connectivity index (χ4n) is 3.87. The first-order valence-corrected chi connectivity index (χ1v) is 11.7. The minimum Gasteiger partial charge on any atom is -0.475 e.